The molecule has 0 N–H and O–H groups in total. The number of carbonyl (C=O) groups excluding carboxylic acids is 1. The van der Waals surface area contributed by atoms with Crippen molar-refractivity contribution in [1.82, 2.24) is 5.32 Å². The second-order valence-corrected chi connectivity index (χ2v) is 6.05. The van der Waals surface area contributed by atoms with E-state index in [1.807, 2.05) is 36.4 Å². The number of nitrogens with zero attached hydrogens (tertiary/aromatic N) is 2. The van der Waals surface area contributed by atoms with Crippen LogP contribution in [0.25, 0.3) is 5.57 Å². The number of benzene rings is 3. The van der Waals surface area contributed by atoms with Gasteiger partial charge in [-0.2, -0.15) is 5.26 Å². The minimum atomic E-state index is -0.170. The Morgan fingerprint density at radius 2 is 1.41 bits per heavy atom. The summed E-state index contributed by atoms with van der Waals surface area (Å²) in [6.07, 6.45) is 3.04. The van der Waals surface area contributed by atoms with Gasteiger partial charge in [-0.3, -0.25) is 4.79 Å². The Labute approximate surface area is 159 Å². The summed E-state index contributed by atoms with van der Waals surface area (Å²) in [4.78, 5) is 12.2. The third kappa shape index (κ3) is 5.17. The van der Waals surface area contributed by atoms with E-state index in [9.17, 15) is 4.79 Å². The van der Waals surface area contributed by atoms with Crippen molar-refractivity contribution in [1.29, 1.82) is 5.26 Å². The monoisotopic (exact) mass is 351 g/mol. The Bertz CT molecular complexity index is 911. The molecule has 3 rings (SSSR count). The lowest BCUT2D eigenvalue weighted by Crippen LogP contribution is -2.09. The van der Waals surface area contributed by atoms with Crippen LogP contribution in [-0.4, -0.2) is 5.91 Å². The van der Waals surface area contributed by atoms with Crippen LogP contribution in [-0.2, 0) is 4.79 Å². The van der Waals surface area contributed by atoms with Crippen LogP contribution in [0.3, 0.4) is 0 Å². The highest BCUT2D eigenvalue weighted by molar-refractivity contribution is 5.82. The maximum Gasteiger partial charge on any atom is 0.246 e. The average Bonchev–Trinajstić information content (AvgIpc) is 2.73. The quantitative estimate of drug-likeness (QED) is 0.610. The van der Waals surface area contributed by atoms with E-state index < -0.39 is 0 Å². The van der Waals surface area contributed by atoms with E-state index in [0.717, 1.165) is 16.7 Å². The first-order valence-electron chi connectivity index (χ1n) is 8.82. The second kappa shape index (κ2) is 9.17. The largest absolute Gasteiger partial charge is 0.273 e. The van der Waals surface area contributed by atoms with Crippen molar-refractivity contribution in [3.8, 4) is 6.07 Å². The Kier molecular flexibility index (Phi) is 6.17. The SMILES string of the molecule is N#Cc1ccc([N]C(=O)CCC=C(c2ccccc2)c2ccccc2)cc1. The topological polar surface area (TPSA) is 55.0 Å². The zero-order chi connectivity index (χ0) is 18.9. The third-order valence-corrected chi connectivity index (χ3v) is 4.13. The van der Waals surface area contributed by atoms with Gasteiger partial charge in [0, 0.05) is 6.42 Å². The Balaban J connectivity index is 1.67. The zero-order valence-corrected chi connectivity index (χ0v) is 14.9. The van der Waals surface area contributed by atoms with Crippen molar-refractivity contribution in [2.75, 3.05) is 0 Å². The normalized spacial score (nSPS) is 9.89. The molecule has 3 nitrogen and oxygen atoms in total. The summed E-state index contributed by atoms with van der Waals surface area (Å²) < 4.78 is 0. The van der Waals surface area contributed by atoms with Crippen LogP contribution < -0.4 is 5.32 Å². The fourth-order valence-electron chi connectivity index (χ4n) is 2.79. The molecule has 0 fully saturated rings. The number of hydrogen-bond acceptors (Lipinski definition) is 2. The van der Waals surface area contributed by atoms with Gasteiger partial charge in [0.05, 0.1) is 17.3 Å². The lowest BCUT2D eigenvalue weighted by atomic mass is 9.96. The molecule has 0 aliphatic heterocycles. The molecule has 0 unspecified atom stereocenters. The molecular formula is C24H19N2O. The van der Waals surface area contributed by atoms with Gasteiger partial charge in [-0.25, -0.2) is 5.32 Å². The van der Waals surface area contributed by atoms with Crippen LogP contribution >= 0.6 is 0 Å². The summed E-state index contributed by atoms with van der Waals surface area (Å²) in [5, 5.41) is 12.9. The van der Waals surface area contributed by atoms with Gasteiger partial charge in [0.1, 0.15) is 0 Å². The van der Waals surface area contributed by atoms with Crippen LogP contribution in [0.4, 0.5) is 5.69 Å². The maximum atomic E-state index is 12.2. The summed E-state index contributed by atoms with van der Waals surface area (Å²) in [7, 11) is 0. The average molecular weight is 351 g/mol. The molecule has 0 saturated carbocycles. The van der Waals surface area contributed by atoms with E-state index in [4.69, 9.17) is 5.26 Å². The van der Waals surface area contributed by atoms with Crippen LogP contribution in [0.2, 0.25) is 0 Å². The van der Waals surface area contributed by atoms with Crippen molar-refractivity contribution in [3.05, 3.63) is 108 Å². The van der Waals surface area contributed by atoms with Crippen LogP contribution in [0.1, 0.15) is 29.5 Å². The summed E-state index contributed by atoms with van der Waals surface area (Å²) >= 11 is 0. The first-order chi connectivity index (χ1) is 13.3. The first kappa shape index (κ1) is 18.2. The van der Waals surface area contributed by atoms with Gasteiger partial charge in [0.25, 0.3) is 0 Å². The molecule has 0 atom stereocenters. The highest BCUT2D eigenvalue weighted by atomic mass is 16.1. The molecule has 3 aromatic rings. The van der Waals surface area contributed by atoms with Crippen molar-refractivity contribution in [2.24, 2.45) is 0 Å². The Morgan fingerprint density at radius 1 is 0.852 bits per heavy atom. The van der Waals surface area contributed by atoms with Gasteiger partial charge in [0.15, 0.2) is 0 Å². The fraction of sp³-hybridized carbons (Fsp3) is 0.0833. The minimum Gasteiger partial charge on any atom is -0.273 e. The van der Waals surface area contributed by atoms with Gasteiger partial charge in [0.2, 0.25) is 5.91 Å². The maximum absolute atomic E-state index is 12.2. The molecule has 3 heteroatoms. The van der Waals surface area contributed by atoms with E-state index >= 15 is 0 Å². The summed E-state index contributed by atoms with van der Waals surface area (Å²) in [5.74, 6) is -0.170. The number of amides is 1. The molecule has 0 bridgehead atoms. The van der Waals surface area contributed by atoms with E-state index in [2.05, 4.69) is 41.7 Å². The standard InChI is InChI=1S/C24H19N2O/c25-18-19-14-16-22(17-15-19)26-24(27)13-7-12-23(20-8-3-1-4-9-20)21-10-5-2-6-11-21/h1-6,8-12,14-17H,7,13H2. The molecule has 1 radical (unpaired) electrons. The number of hydrogen-bond donors (Lipinski definition) is 0. The summed E-state index contributed by atoms with van der Waals surface area (Å²) in [6.45, 7) is 0. The van der Waals surface area contributed by atoms with Crippen molar-refractivity contribution >= 4 is 17.2 Å². The molecule has 1 amide bonds. The highest BCUT2D eigenvalue weighted by Gasteiger charge is 2.07. The Morgan fingerprint density at radius 3 is 1.93 bits per heavy atom. The van der Waals surface area contributed by atoms with Crippen molar-refractivity contribution in [2.45, 2.75) is 12.8 Å². The number of nitriles is 1. The van der Waals surface area contributed by atoms with Gasteiger partial charge < -0.3 is 0 Å². The molecule has 0 saturated heterocycles. The molecular weight excluding hydrogens is 332 g/mol. The molecule has 131 valence electrons. The van der Waals surface area contributed by atoms with Gasteiger partial charge in [-0.05, 0) is 47.4 Å². The first-order valence-corrected chi connectivity index (χ1v) is 8.82. The van der Waals surface area contributed by atoms with Gasteiger partial charge >= 0.3 is 0 Å². The molecule has 0 heterocycles. The smallest absolute Gasteiger partial charge is 0.246 e. The predicted molar refractivity (Wildman–Crippen MR) is 107 cm³/mol. The third-order valence-electron chi connectivity index (χ3n) is 4.13. The lowest BCUT2D eigenvalue weighted by molar-refractivity contribution is -0.120. The highest BCUT2D eigenvalue weighted by Crippen LogP contribution is 2.24. The second-order valence-electron chi connectivity index (χ2n) is 6.05. The number of carbonyl (C=O) groups is 1. The van der Waals surface area contributed by atoms with E-state index in [0.29, 0.717) is 24.1 Å². The predicted octanol–water partition coefficient (Wildman–Crippen LogP) is 5.23. The lowest BCUT2D eigenvalue weighted by Gasteiger charge is -2.09. The zero-order valence-electron chi connectivity index (χ0n) is 14.9. The Hall–Kier alpha value is -3.64. The molecule has 0 aliphatic rings. The minimum absolute atomic E-state index is 0.170. The molecule has 27 heavy (non-hydrogen) atoms. The molecule has 0 spiro atoms. The van der Waals surface area contributed by atoms with Crippen molar-refractivity contribution in [3.63, 3.8) is 0 Å². The van der Waals surface area contributed by atoms with Crippen molar-refractivity contribution < 1.29 is 4.79 Å². The molecule has 3 aromatic carbocycles. The van der Waals surface area contributed by atoms with Gasteiger partial charge in [-0.1, -0.05) is 66.7 Å². The van der Waals surface area contributed by atoms with Crippen LogP contribution in [0.5, 0.6) is 0 Å². The van der Waals surface area contributed by atoms with Crippen LogP contribution in [0.15, 0.2) is 91.0 Å². The summed E-state index contributed by atoms with van der Waals surface area (Å²) in [5.41, 5.74) is 4.50. The van der Waals surface area contributed by atoms with E-state index in [1.165, 1.54) is 0 Å². The fourth-order valence-corrected chi connectivity index (χ4v) is 2.79. The number of allylic oxidation sites excluding steroid dienone is 1. The van der Waals surface area contributed by atoms with E-state index in [-0.39, 0.29) is 5.91 Å². The number of rotatable bonds is 6. The van der Waals surface area contributed by atoms with E-state index in [1.54, 1.807) is 24.3 Å². The molecule has 0 aliphatic carbocycles. The summed E-state index contributed by atoms with van der Waals surface area (Å²) in [6, 6.07) is 29.1. The molecule has 0 aromatic heterocycles. The van der Waals surface area contributed by atoms with Gasteiger partial charge in [-0.15, -0.1) is 0 Å². The van der Waals surface area contributed by atoms with Crippen LogP contribution in [0, 0.1) is 11.3 Å².